The summed E-state index contributed by atoms with van der Waals surface area (Å²) in [7, 11) is 0. The average Bonchev–Trinajstić information content (AvgIpc) is 3.26. The van der Waals surface area contributed by atoms with Crippen LogP contribution in [0.3, 0.4) is 0 Å². The summed E-state index contributed by atoms with van der Waals surface area (Å²) in [6, 6.07) is 13.7. The van der Waals surface area contributed by atoms with Crippen molar-refractivity contribution in [1.29, 1.82) is 0 Å². The van der Waals surface area contributed by atoms with E-state index in [1.54, 1.807) is 46.8 Å². The van der Waals surface area contributed by atoms with Crippen LogP contribution in [0.5, 0.6) is 0 Å². The van der Waals surface area contributed by atoms with Crippen LogP contribution in [-0.4, -0.2) is 0 Å². The standard InChI is InChI=1S/2C10H12F2.2C9H9ClF2.2C9H9F3/c1-6(2)8-4-5-9(11)7(3)10(8)12;1-6(2)8-5-4-7(3)9(11)10(8)12;1-5(2)6-3-7(10)9(12)4-8(6)11;1-5(2)6-3-4-7(11)8(10)9(6)12;1-5(2)6-3-8(11)9(12)4-7(6)10;1-5(2)9-7(11)3-6(10)4-8(9)12/h2*4-6H,1-3H3;4*3-5H,1-2H3. The third kappa shape index (κ3) is 19.1. The van der Waals surface area contributed by atoms with Crippen molar-refractivity contribution in [3.05, 3.63) is 209 Å². The molecule has 0 saturated heterocycles. The van der Waals surface area contributed by atoms with Crippen LogP contribution in [0.4, 0.5) is 61.5 Å². The van der Waals surface area contributed by atoms with Crippen LogP contribution in [0.15, 0.2) is 72.8 Å². The molecule has 0 aliphatic carbocycles. The minimum Gasteiger partial charge on any atom is -0.207 e. The smallest absolute Gasteiger partial charge is 0.162 e. The van der Waals surface area contributed by atoms with E-state index in [0.29, 0.717) is 46.0 Å². The average molecular weight is 1070 g/mol. The van der Waals surface area contributed by atoms with Crippen LogP contribution < -0.4 is 0 Å². The topological polar surface area (TPSA) is 0 Å². The Kier molecular flexibility index (Phi) is 26.7. The highest BCUT2D eigenvalue weighted by atomic mass is 35.5. The highest BCUT2D eigenvalue weighted by Crippen LogP contribution is 2.29. The van der Waals surface area contributed by atoms with E-state index >= 15 is 0 Å². The molecule has 6 rings (SSSR count). The second-order valence-corrected chi connectivity index (χ2v) is 19.0. The van der Waals surface area contributed by atoms with E-state index in [1.807, 2.05) is 55.4 Å². The maximum absolute atomic E-state index is 13.3. The predicted molar refractivity (Wildman–Crippen MR) is 262 cm³/mol. The fourth-order valence-electron chi connectivity index (χ4n) is 6.29. The maximum atomic E-state index is 13.3. The van der Waals surface area contributed by atoms with Crippen molar-refractivity contribution in [2.24, 2.45) is 0 Å². The molecule has 0 nitrogen and oxygen atoms in total. The van der Waals surface area contributed by atoms with Crippen molar-refractivity contribution in [3.8, 4) is 0 Å². The second-order valence-electron chi connectivity index (χ2n) is 18.2. The molecule has 0 atom stereocenters. The highest BCUT2D eigenvalue weighted by molar-refractivity contribution is 6.31. The van der Waals surface area contributed by atoms with Gasteiger partial charge >= 0.3 is 0 Å². The Hall–Kier alpha value is -5.08. The van der Waals surface area contributed by atoms with Gasteiger partial charge in [-0.2, -0.15) is 0 Å². The summed E-state index contributed by atoms with van der Waals surface area (Å²) < 4.78 is 180. The van der Waals surface area contributed by atoms with Crippen LogP contribution in [0.25, 0.3) is 0 Å². The SMILES string of the molecule is CC(C)c1c(F)cc(F)cc1F.CC(C)c1cc(Cl)c(F)cc1F.CC(C)c1cc(F)c(F)cc1F.CC(C)c1ccc(F)c(Cl)c1F.Cc1c(F)ccc(C(C)C)c1F.Cc1ccc(C(C)C)c(F)c1F. The van der Waals surface area contributed by atoms with Gasteiger partial charge in [-0.15, -0.1) is 0 Å². The molecule has 0 bridgehead atoms. The van der Waals surface area contributed by atoms with Gasteiger partial charge in [-0.1, -0.05) is 131 Å². The molecule has 396 valence electrons. The van der Waals surface area contributed by atoms with E-state index in [2.05, 4.69) is 0 Å². The predicted octanol–water partition coefficient (Wildman–Crippen LogP) is 20.7. The molecule has 16 heteroatoms. The summed E-state index contributed by atoms with van der Waals surface area (Å²) in [6.07, 6.45) is 0. The van der Waals surface area contributed by atoms with Crippen LogP contribution >= 0.6 is 23.2 Å². The molecule has 0 amide bonds. The van der Waals surface area contributed by atoms with E-state index in [4.69, 9.17) is 23.2 Å². The molecular formula is C56H60Cl2F14. The number of halogens is 16. The van der Waals surface area contributed by atoms with Crippen molar-refractivity contribution >= 4 is 23.2 Å². The zero-order valence-corrected chi connectivity index (χ0v) is 44.0. The van der Waals surface area contributed by atoms with E-state index < -0.39 is 86.5 Å². The van der Waals surface area contributed by atoms with Gasteiger partial charge in [0.2, 0.25) is 0 Å². The molecule has 0 spiro atoms. The fraction of sp³-hybridized carbons (Fsp3) is 0.357. The zero-order chi connectivity index (χ0) is 55.8. The molecule has 72 heavy (non-hydrogen) atoms. The number of hydrogen-bond acceptors (Lipinski definition) is 0. The third-order valence-corrected chi connectivity index (χ3v) is 11.2. The van der Waals surface area contributed by atoms with Crippen LogP contribution in [0, 0.1) is 95.3 Å². The van der Waals surface area contributed by atoms with Crippen LogP contribution in [-0.2, 0) is 0 Å². The van der Waals surface area contributed by atoms with Gasteiger partial charge < -0.3 is 0 Å². The van der Waals surface area contributed by atoms with Crippen molar-refractivity contribution in [2.75, 3.05) is 0 Å². The molecule has 6 aromatic rings. The van der Waals surface area contributed by atoms with Gasteiger partial charge in [-0.05, 0) is 107 Å². The Morgan fingerprint density at radius 2 is 0.681 bits per heavy atom. The lowest BCUT2D eigenvalue weighted by Crippen LogP contribution is -1.98. The van der Waals surface area contributed by atoms with Crippen molar-refractivity contribution in [1.82, 2.24) is 0 Å². The van der Waals surface area contributed by atoms with Gasteiger partial charge in [0, 0.05) is 35.4 Å². The third-order valence-electron chi connectivity index (χ3n) is 10.5. The van der Waals surface area contributed by atoms with Crippen molar-refractivity contribution < 1.29 is 61.5 Å². The summed E-state index contributed by atoms with van der Waals surface area (Å²) in [5, 5.41) is -0.443. The summed E-state index contributed by atoms with van der Waals surface area (Å²) in [6.45, 7) is 24.5. The quantitative estimate of drug-likeness (QED) is 0.0886. The Labute approximate surface area is 424 Å². The molecule has 0 aliphatic rings. The molecule has 0 unspecified atom stereocenters. The lowest BCUT2D eigenvalue weighted by atomic mass is 10.00. The first-order valence-corrected chi connectivity index (χ1v) is 23.4. The van der Waals surface area contributed by atoms with Crippen molar-refractivity contribution in [2.45, 2.75) is 132 Å². The number of rotatable bonds is 6. The Balaban J connectivity index is 0.000000432. The van der Waals surface area contributed by atoms with Gasteiger partial charge in [0.15, 0.2) is 23.3 Å². The largest absolute Gasteiger partial charge is 0.207 e. The number of aryl methyl sites for hydroxylation is 1. The van der Waals surface area contributed by atoms with E-state index in [-0.39, 0.29) is 57.2 Å². The summed E-state index contributed by atoms with van der Waals surface area (Å²) in [5.74, 6) is -10.5. The number of benzene rings is 6. The minimum atomic E-state index is -1.14. The molecule has 0 heterocycles. The molecule has 0 saturated carbocycles. The Bertz CT molecular complexity index is 2470. The van der Waals surface area contributed by atoms with Gasteiger partial charge in [0.25, 0.3) is 0 Å². The van der Waals surface area contributed by atoms with Gasteiger partial charge in [0.05, 0.1) is 5.02 Å². The van der Waals surface area contributed by atoms with Crippen LogP contribution in [0.1, 0.15) is 163 Å². The summed E-state index contributed by atoms with van der Waals surface area (Å²) in [5.41, 5.74) is 2.53. The molecule has 0 fully saturated rings. The lowest BCUT2D eigenvalue weighted by Gasteiger charge is -2.08. The first kappa shape index (κ1) is 64.9. The maximum Gasteiger partial charge on any atom is 0.162 e. The summed E-state index contributed by atoms with van der Waals surface area (Å²) >= 11 is 10.9. The second kappa shape index (κ2) is 29.6. The van der Waals surface area contributed by atoms with Crippen LogP contribution in [0.2, 0.25) is 10.0 Å². The van der Waals surface area contributed by atoms with E-state index in [1.165, 1.54) is 37.3 Å². The Morgan fingerprint density at radius 3 is 1.12 bits per heavy atom. The van der Waals surface area contributed by atoms with Crippen molar-refractivity contribution in [3.63, 3.8) is 0 Å². The first-order chi connectivity index (χ1) is 33.2. The minimum absolute atomic E-state index is 0.0168. The summed E-state index contributed by atoms with van der Waals surface area (Å²) in [4.78, 5) is 0. The Morgan fingerprint density at radius 1 is 0.306 bits per heavy atom. The molecule has 0 radical (unpaired) electrons. The highest BCUT2D eigenvalue weighted by Gasteiger charge is 2.17. The fourth-order valence-corrected chi connectivity index (χ4v) is 6.63. The number of hydrogen-bond donors (Lipinski definition) is 0. The normalized spacial score (nSPS) is 10.8. The molecule has 0 aromatic heterocycles. The molecule has 6 aromatic carbocycles. The zero-order valence-electron chi connectivity index (χ0n) is 42.4. The molecule has 0 aliphatic heterocycles. The molecule has 0 N–H and O–H groups in total. The van der Waals surface area contributed by atoms with Gasteiger partial charge in [-0.3, -0.25) is 0 Å². The first-order valence-electron chi connectivity index (χ1n) is 22.6. The van der Waals surface area contributed by atoms with Gasteiger partial charge in [-0.25, -0.2) is 61.5 Å². The van der Waals surface area contributed by atoms with Gasteiger partial charge in [0.1, 0.15) is 63.2 Å². The van der Waals surface area contributed by atoms with E-state index in [9.17, 15) is 61.5 Å². The monoisotopic (exact) mass is 1070 g/mol. The van der Waals surface area contributed by atoms with E-state index in [0.717, 1.165) is 12.1 Å². The lowest BCUT2D eigenvalue weighted by molar-refractivity contribution is 0.487. The molecular weight excluding hydrogens is 1010 g/mol.